The molecule has 1 aliphatic carbocycles. The molecular weight excluding hydrogens is 268 g/mol. The summed E-state index contributed by atoms with van der Waals surface area (Å²) in [4.78, 5) is 11.3. The molecule has 0 bridgehead atoms. The summed E-state index contributed by atoms with van der Waals surface area (Å²) in [6.07, 6.45) is 5.32. The smallest absolute Gasteiger partial charge is 0.169 e. The number of carbonyl (C=O) groups excluding carboxylic acids is 1. The maximum Gasteiger partial charge on any atom is 0.169 e. The van der Waals surface area contributed by atoms with Crippen LogP contribution in [0, 0.1) is 0 Å². The largest absolute Gasteiger partial charge is 0.363 e. The third-order valence-electron chi connectivity index (χ3n) is 4.28. The van der Waals surface area contributed by atoms with Crippen LogP contribution in [0.5, 0.6) is 0 Å². The zero-order valence-corrected chi connectivity index (χ0v) is 12.2. The van der Waals surface area contributed by atoms with E-state index in [1.54, 1.807) is 0 Å². The number of rotatable bonds is 5. The fourth-order valence-electron chi connectivity index (χ4n) is 3.09. The van der Waals surface area contributed by atoms with E-state index < -0.39 is 11.9 Å². The van der Waals surface area contributed by atoms with Crippen LogP contribution in [-0.2, 0) is 25.6 Å². The normalized spacial score (nSPS) is 25.8. The molecule has 21 heavy (non-hydrogen) atoms. The van der Waals surface area contributed by atoms with Gasteiger partial charge >= 0.3 is 0 Å². The van der Waals surface area contributed by atoms with Crippen LogP contribution in [0.4, 0.5) is 0 Å². The van der Waals surface area contributed by atoms with E-state index in [1.165, 1.54) is 6.42 Å². The molecule has 3 rings (SSSR count). The highest BCUT2D eigenvalue weighted by molar-refractivity contribution is 5.57. The Labute approximate surface area is 125 Å². The predicted octanol–water partition coefficient (Wildman–Crippen LogP) is 2.85. The van der Waals surface area contributed by atoms with Gasteiger partial charge in [-0.05, 0) is 18.4 Å². The minimum atomic E-state index is -0.563. The van der Waals surface area contributed by atoms with Crippen molar-refractivity contribution in [1.29, 1.82) is 0 Å². The van der Waals surface area contributed by atoms with E-state index in [4.69, 9.17) is 14.2 Å². The van der Waals surface area contributed by atoms with Crippen LogP contribution in [0.25, 0.3) is 0 Å². The Balaban J connectivity index is 1.55. The van der Waals surface area contributed by atoms with Gasteiger partial charge in [0.2, 0.25) is 0 Å². The van der Waals surface area contributed by atoms with Gasteiger partial charge in [-0.15, -0.1) is 0 Å². The Kier molecular flexibility index (Phi) is 4.68. The van der Waals surface area contributed by atoms with Gasteiger partial charge in [-0.3, -0.25) is 0 Å². The van der Waals surface area contributed by atoms with Crippen molar-refractivity contribution in [2.24, 2.45) is 0 Å². The molecule has 0 radical (unpaired) electrons. The SMILES string of the molecule is O=C[C@@H](OCc1ccccc1)[C@H]1COC2(CCCCC2)O1. The third-order valence-corrected chi connectivity index (χ3v) is 4.28. The molecule has 2 fully saturated rings. The average molecular weight is 290 g/mol. The fraction of sp³-hybridized carbons (Fsp3) is 0.588. The third kappa shape index (κ3) is 3.51. The molecule has 114 valence electrons. The second kappa shape index (κ2) is 6.69. The zero-order valence-electron chi connectivity index (χ0n) is 12.2. The highest BCUT2D eigenvalue weighted by atomic mass is 16.8. The minimum Gasteiger partial charge on any atom is -0.363 e. The Hall–Kier alpha value is -1.23. The first-order valence-electron chi connectivity index (χ1n) is 7.74. The molecular formula is C17H22O4. The molecule has 1 aromatic rings. The van der Waals surface area contributed by atoms with E-state index >= 15 is 0 Å². The van der Waals surface area contributed by atoms with Crippen molar-refractivity contribution in [2.75, 3.05) is 6.61 Å². The Morgan fingerprint density at radius 1 is 1.24 bits per heavy atom. The molecule has 0 aromatic heterocycles. The van der Waals surface area contributed by atoms with Crippen molar-refractivity contribution in [3.05, 3.63) is 35.9 Å². The van der Waals surface area contributed by atoms with Gasteiger partial charge in [0.25, 0.3) is 0 Å². The molecule has 2 aliphatic rings. The van der Waals surface area contributed by atoms with E-state index in [0.717, 1.165) is 37.5 Å². The molecule has 1 aromatic carbocycles. The summed E-state index contributed by atoms with van der Waals surface area (Å²) in [5.41, 5.74) is 1.05. The molecule has 0 amide bonds. The van der Waals surface area contributed by atoms with Crippen molar-refractivity contribution in [3.8, 4) is 0 Å². The van der Waals surface area contributed by atoms with E-state index in [2.05, 4.69) is 0 Å². The minimum absolute atomic E-state index is 0.288. The number of hydrogen-bond acceptors (Lipinski definition) is 4. The summed E-state index contributed by atoms with van der Waals surface area (Å²) in [5.74, 6) is -0.458. The molecule has 1 saturated carbocycles. The van der Waals surface area contributed by atoms with Gasteiger partial charge in [0.15, 0.2) is 12.1 Å². The summed E-state index contributed by atoms with van der Waals surface area (Å²) < 4.78 is 17.6. The highest BCUT2D eigenvalue weighted by Gasteiger charge is 2.45. The lowest BCUT2D eigenvalue weighted by atomic mass is 9.94. The van der Waals surface area contributed by atoms with Crippen LogP contribution in [0.15, 0.2) is 30.3 Å². The summed E-state index contributed by atoms with van der Waals surface area (Å²) in [7, 11) is 0. The van der Waals surface area contributed by atoms with Crippen LogP contribution in [0.2, 0.25) is 0 Å². The molecule has 4 nitrogen and oxygen atoms in total. The Morgan fingerprint density at radius 3 is 2.71 bits per heavy atom. The van der Waals surface area contributed by atoms with Crippen molar-refractivity contribution in [3.63, 3.8) is 0 Å². The molecule has 1 spiro atoms. The molecule has 1 aliphatic heterocycles. The first-order valence-corrected chi connectivity index (χ1v) is 7.74. The highest BCUT2D eigenvalue weighted by Crippen LogP contribution is 2.38. The molecule has 0 unspecified atom stereocenters. The lowest BCUT2D eigenvalue weighted by molar-refractivity contribution is -0.198. The predicted molar refractivity (Wildman–Crippen MR) is 77.7 cm³/mol. The number of ether oxygens (including phenoxy) is 3. The number of aldehydes is 1. The van der Waals surface area contributed by atoms with Crippen LogP contribution in [0.3, 0.4) is 0 Å². The van der Waals surface area contributed by atoms with Crippen molar-refractivity contribution < 1.29 is 19.0 Å². The average Bonchev–Trinajstić information content (AvgIpc) is 2.93. The molecule has 1 saturated heterocycles. The van der Waals surface area contributed by atoms with Gasteiger partial charge in [-0.2, -0.15) is 0 Å². The van der Waals surface area contributed by atoms with Gasteiger partial charge in [0.1, 0.15) is 12.2 Å². The van der Waals surface area contributed by atoms with E-state index in [0.29, 0.717) is 13.2 Å². The van der Waals surface area contributed by atoms with Gasteiger partial charge in [0, 0.05) is 12.8 Å². The lowest BCUT2D eigenvalue weighted by Crippen LogP contribution is -2.37. The fourth-order valence-corrected chi connectivity index (χ4v) is 3.09. The van der Waals surface area contributed by atoms with Crippen LogP contribution in [-0.4, -0.2) is 30.9 Å². The van der Waals surface area contributed by atoms with Crippen LogP contribution >= 0.6 is 0 Å². The maximum atomic E-state index is 11.3. The van der Waals surface area contributed by atoms with Crippen LogP contribution < -0.4 is 0 Å². The van der Waals surface area contributed by atoms with Gasteiger partial charge < -0.3 is 19.0 Å². The summed E-state index contributed by atoms with van der Waals surface area (Å²) >= 11 is 0. The quantitative estimate of drug-likeness (QED) is 0.782. The first kappa shape index (κ1) is 14.7. The van der Waals surface area contributed by atoms with E-state index in [9.17, 15) is 4.79 Å². The van der Waals surface area contributed by atoms with Gasteiger partial charge in [-0.1, -0.05) is 36.8 Å². The molecule has 4 heteroatoms. The molecule has 0 N–H and O–H groups in total. The van der Waals surface area contributed by atoms with E-state index in [1.807, 2.05) is 30.3 Å². The monoisotopic (exact) mass is 290 g/mol. The Bertz CT molecular complexity index is 453. The number of hydrogen-bond donors (Lipinski definition) is 0. The topological polar surface area (TPSA) is 44.8 Å². The van der Waals surface area contributed by atoms with Crippen molar-refractivity contribution in [2.45, 2.75) is 56.7 Å². The van der Waals surface area contributed by atoms with Gasteiger partial charge in [-0.25, -0.2) is 0 Å². The summed E-state index contributed by atoms with van der Waals surface area (Å²) in [6, 6.07) is 9.84. The second-order valence-electron chi connectivity index (χ2n) is 5.84. The summed E-state index contributed by atoms with van der Waals surface area (Å²) in [6.45, 7) is 0.856. The zero-order chi connectivity index (χ0) is 14.5. The second-order valence-corrected chi connectivity index (χ2v) is 5.84. The van der Waals surface area contributed by atoms with Gasteiger partial charge in [0.05, 0.1) is 13.2 Å². The number of carbonyl (C=O) groups is 1. The Morgan fingerprint density at radius 2 is 2.00 bits per heavy atom. The molecule has 2 atom stereocenters. The van der Waals surface area contributed by atoms with Crippen molar-refractivity contribution >= 4 is 6.29 Å². The van der Waals surface area contributed by atoms with Crippen LogP contribution in [0.1, 0.15) is 37.7 Å². The summed E-state index contributed by atoms with van der Waals surface area (Å²) in [5, 5.41) is 0. The standard InChI is InChI=1S/C17H22O4/c18-11-15(19-12-14-7-3-1-4-8-14)16-13-20-17(21-16)9-5-2-6-10-17/h1,3-4,7-8,11,15-16H,2,5-6,9-10,12-13H2/t15-,16-/m1/s1. The van der Waals surface area contributed by atoms with E-state index in [-0.39, 0.29) is 6.10 Å². The van der Waals surface area contributed by atoms with Crippen molar-refractivity contribution in [1.82, 2.24) is 0 Å². The maximum absolute atomic E-state index is 11.3. The number of benzene rings is 1. The first-order chi connectivity index (χ1) is 10.3. The molecule has 1 heterocycles. The lowest BCUT2D eigenvalue weighted by Gasteiger charge is -2.32.